The molecule has 5 rings (SSSR count). The molecule has 2 heterocycles. The summed E-state index contributed by atoms with van der Waals surface area (Å²) >= 11 is 0. The minimum absolute atomic E-state index is 0.0411. The molecule has 204 valence electrons. The second kappa shape index (κ2) is 11.2. The van der Waals surface area contributed by atoms with Crippen molar-refractivity contribution in [2.75, 3.05) is 26.0 Å². The number of aromatic nitrogens is 3. The lowest BCUT2D eigenvalue weighted by Gasteiger charge is -2.19. The van der Waals surface area contributed by atoms with Crippen molar-refractivity contribution in [2.45, 2.75) is 50.0 Å². The SMILES string of the molecule is Cc1ccc(S(=O)(=O)OCCc2ccc(Nc3ncc4cc(C(=O)N(C)C)n(C5CCCC5)c4n3)cc2)cc1. The fraction of sp³-hybridized carbons (Fsp3) is 0.345. The van der Waals surface area contributed by atoms with Gasteiger partial charge in [-0.05, 0) is 62.1 Å². The van der Waals surface area contributed by atoms with Crippen LogP contribution < -0.4 is 5.32 Å². The highest BCUT2D eigenvalue weighted by Crippen LogP contribution is 2.35. The molecular weight excluding hydrogens is 514 g/mol. The van der Waals surface area contributed by atoms with Gasteiger partial charge in [0.15, 0.2) is 0 Å². The van der Waals surface area contributed by atoms with Crippen molar-refractivity contribution >= 4 is 38.7 Å². The van der Waals surface area contributed by atoms with Crippen molar-refractivity contribution in [3.05, 3.63) is 77.6 Å². The molecule has 39 heavy (non-hydrogen) atoms. The highest BCUT2D eigenvalue weighted by atomic mass is 32.2. The molecule has 1 saturated carbocycles. The van der Waals surface area contributed by atoms with Gasteiger partial charge in [0.25, 0.3) is 16.0 Å². The summed E-state index contributed by atoms with van der Waals surface area (Å²) in [5.74, 6) is 0.407. The van der Waals surface area contributed by atoms with E-state index in [0.29, 0.717) is 18.1 Å². The van der Waals surface area contributed by atoms with Gasteiger partial charge in [0, 0.05) is 37.4 Å². The summed E-state index contributed by atoms with van der Waals surface area (Å²) in [6.07, 6.45) is 6.55. The Kier molecular flexibility index (Phi) is 7.67. The summed E-state index contributed by atoms with van der Waals surface area (Å²) in [5.41, 5.74) is 4.13. The van der Waals surface area contributed by atoms with Gasteiger partial charge in [-0.25, -0.2) is 4.98 Å². The quantitative estimate of drug-likeness (QED) is 0.285. The van der Waals surface area contributed by atoms with Crippen LogP contribution in [0.5, 0.6) is 0 Å². The first-order valence-corrected chi connectivity index (χ1v) is 14.5. The Balaban J connectivity index is 1.27. The van der Waals surface area contributed by atoms with Gasteiger partial charge in [0.1, 0.15) is 11.3 Å². The zero-order chi connectivity index (χ0) is 27.6. The Morgan fingerprint density at radius 3 is 2.44 bits per heavy atom. The van der Waals surface area contributed by atoms with E-state index in [1.807, 2.05) is 37.3 Å². The van der Waals surface area contributed by atoms with Crippen LogP contribution in [0, 0.1) is 6.92 Å². The maximum absolute atomic E-state index is 12.9. The molecule has 10 heteroatoms. The maximum atomic E-state index is 12.9. The molecule has 0 atom stereocenters. The third-order valence-electron chi connectivity index (χ3n) is 7.04. The number of rotatable bonds is 9. The Hall–Kier alpha value is -3.76. The fourth-order valence-corrected chi connectivity index (χ4v) is 5.83. The van der Waals surface area contributed by atoms with Crippen molar-refractivity contribution in [3.8, 4) is 0 Å². The third-order valence-corrected chi connectivity index (χ3v) is 8.37. The predicted octanol–water partition coefficient (Wildman–Crippen LogP) is 5.25. The first-order valence-electron chi connectivity index (χ1n) is 13.1. The number of amides is 1. The van der Waals surface area contributed by atoms with E-state index in [0.717, 1.165) is 53.5 Å². The number of hydrogen-bond donors (Lipinski definition) is 1. The topological polar surface area (TPSA) is 106 Å². The molecule has 1 aliphatic rings. The van der Waals surface area contributed by atoms with E-state index in [-0.39, 0.29) is 23.5 Å². The molecule has 1 aliphatic carbocycles. The van der Waals surface area contributed by atoms with E-state index in [4.69, 9.17) is 9.17 Å². The molecule has 4 aromatic rings. The van der Waals surface area contributed by atoms with Crippen molar-refractivity contribution in [1.82, 2.24) is 19.4 Å². The molecule has 0 unspecified atom stereocenters. The number of nitrogens with one attached hydrogen (secondary N) is 1. The maximum Gasteiger partial charge on any atom is 0.296 e. The van der Waals surface area contributed by atoms with Crippen LogP contribution in [0.25, 0.3) is 11.0 Å². The number of anilines is 2. The van der Waals surface area contributed by atoms with E-state index in [1.54, 1.807) is 49.5 Å². The van der Waals surface area contributed by atoms with E-state index < -0.39 is 10.1 Å². The number of carbonyl (C=O) groups is 1. The van der Waals surface area contributed by atoms with Crippen LogP contribution in [0.4, 0.5) is 11.6 Å². The second-order valence-corrected chi connectivity index (χ2v) is 11.8. The summed E-state index contributed by atoms with van der Waals surface area (Å²) in [4.78, 5) is 23.9. The van der Waals surface area contributed by atoms with Gasteiger partial charge in [0.2, 0.25) is 5.95 Å². The molecular formula is C29H33N5O4S. The second-order valence-electron chi connectivity index (χ2n) is 10.2. The highest BCUT2D eigenvalue weighted by Gasteiger charge is 2.26. The van der Waals surface area contributed by atoms with Gasteiger partial charge in [0.05, 0.1) is 11.5 Å². The molecule has 1 fully saturated rings. The normalized spacial score (nSPS) is 14.1. The number of carbonyl (C=O) groups excluding carboxylic acids is 1. The molecule has 0 aliphatic heterocycles. The van der Waals surface area contributed by atoms with E-state index in [2.05, 4.69) is 14.9 Å². The summed E-state index contributed by atoms with van der Waals surface area (Å²) in [6.45, 7) is 1.95. The standard InChI is InChI=1S/C29H33N5O4S/c1-20-8-14-25(15-9-20)39(36,37)38-17-16-21-10-12-23(13-11-21)31-29-30-19-22-18-26(28(35)33(2)3)34(27(22)32-29)24-6-4-5-7-24/h8-15,18-19,24H,4-7,16-17H2,1-3H3,(H,30,31,32). The Bertz CT molecular complexity index is 1570. The number of aryl methyl sites for hydroxylation is 1. The van der Waals surface area contributed by atoms with Gasteiger partial charge in [-0.2, -0.15) is 13.4 Å². The van der Waals surface area contributed by atoms with Crippen LogP contribution in [0.3, 0.4) is 0 Å². The van der Waals surface area contributed by atoms with Gasteiger partial charge in [-0.3, -0.25) is 8.98 Å². The van der Waals surface area contributed by atoms with Gasteiger partial charge >= 0.3 is 0 Å². The first kappa shape index (κ1) is 26.8. The number of nitrogens with zero attached hydrogens (tertiary/aromatic N) is 4. The summed E-state index contributed by atoms with van der Waals surface area (Å²) in [6, 6.07) is 16.4. The lowest BCUT2D eigenvalue weighted by atomic mass is 10.1. The molecule has 2 aromatic heterocycles. The number of benzene rings is 2. The molecule has 0 saturated heterocycles. The zero-order valence-electron chi connectivity index (χ0n) is 22.4. The molecule has 2 aromatic carbocycles. The van der Waals surface area contributed by atoms with Crippen LogP contribution in [0.2, 0.25) is 0 Å². The van der Waals surface area contributed by atoms with Crippen molar-refractivity contribution in [2.24, 2.45) is 0 Å². The minimum atomic E-state index is -3.79. The molecule has 1 amide bonds. The summed E-state index contributed by atoms with van der Waals surface area (Å²) in [7, 11) is -0.266. The van der Waals surface area contributed by atoms with Crippen LogP contribution in [-0.4, -0.2) is 54.5 Å². The number of hydrogen-bond acceptors (Lipinski definition) is 7. The van der Waals surface area contributed by atoms with E-state index in [1.165, 1.54) is 0 Å². The van der Waals surface area contributed by atoms with Crippen molar-refractivity contribution in [1.29, 1.82) is 0 Å². The lowest BCUT2D eigenvalue weighted by molar-refractivity contribution is 0.0815. The molecule has 1 N–H and O–H groups in total. The monoisotopic (exact) mass is 547 g/mol. The Morgan fingerprint density at radius 2 is 1.77 bits per heavy atom. The Labute approximate surface area is 229 Å². The van der Waals surface area contributed by atoms with E-state index >= 15 is 0 Å². The summed E-state index contributed by atoms with van der Waals surface area (Å²) in [5, 5.41) is 4.09. The predicted molar refractivity (Wildman–Crippen MR) is 151 cm³/mol. The minimum Gasteiger partial charge on any atom is -0.343 e. The van der Waals surface area contributed by atoms with Crippen LogP contribution in [0.1, 0.15) is 53.3 Å². The lowest BCUT2D eigenvalue weighted by Crippen LogP contribution is -2.25. The van der Waals surface area contributed by atoms with Crippen LogP contribution in [-0.2, 0) is 20.7 Å². The Morgan fingerprint density at radius 1 is 1.08 bits per heavy atom. The summed E-state index contributed by atoms with van der Waals surface area (Å²) < 4.78 is 32.1. The third kappa shape index (κ3) is 5.97. The molecule has 0 bridgehead atoms. The van der Waals surface area contributed by atoms with E-state index in [9.17, 15) is 13.2 Å². The van der Waals surface area contributed by atoms with Gasteiger partial charge in [-0.15, -0.1) is 0 Å². The van der Waals surface area contributed by atoms with Crippen LogP contribution in [0.15, 0.2) is 65.7 Å². The van der Waals surface area contributed by atoms with Crippen LogP contribution >= 0.6 is 0 Å². The van der Waals surface area contributed by atoms with Crippen molar-refractivity contribution < 1.29 is 17.4 Å². The average molecular weight is 548 g/mol. The zero-order valence-corrected chi connectivity index (χ0v) is 23.2. The molecule has 0 radical (unpaired) electrons. The highest BCUT2D eigenvalue weighted by molar-refractivity contribution is 7.86. The van der Waals surface area contributed by atoms with Gasteiger partial charge in [-0.1, -0.05) is 42.7 Å². The fourth-order valence-electron chi connectivity index (χ4n) is 4.92. The smallest absolute Gasteiger partial charge is 0.296 e. The molecule has 9 nitrogen and oxygen atoms in total. The number of fused-ring (bicyclic) bond motifs is 1. The van der Waals surface area contributed by atoms with Crippen molar-refractivity contribution in [3.63, 3.8) is 0 Å². The largest absolute Gasteiger partial charge is 0.343 e. The molecule has 0 spiro atoms. The average Bonchev–Trinajstić information content (AvgIpc) is 3.57. The first-order chi connectivity index (χ1) is 18.7. The van der Waals surface area contributed by atoms with Gasteiger partial charge < -0.3 is 14.8 Å².